The molecular weight excluding hydrogens is 302 g/mol. The van der Waals surface area contributed by atoms with Crippen LogP contribution in [0.3, 0.4) is 0 Å². The highest BCUT2D eigenvalue weighted by Crippen LogP contribution is 2.19. The summed E-state index contributed by atoms with van der Waals surface area (Å²) in [5, 5.41) is 5.38. The van der Waals surface area contributed by atoms with Gasteiger partial charge in [-0.2, -0.15) is 5.10 Å². The van der Waals surface area contributed by atoms with Crippen LogP contribution in [-0.4, -0.2) is 39.8 Å². The van der Waals surface area contributed by atoms with Crippen molar-refractivity contribution >= 4 is 16.8 Å². The third-order valence-electron chi connectivity index (χ3n) is 4.38. The predicted molar refractivity (Wildman–Crippen MR) is 91.8 cm³/mol. The number of rotatable bonds is 4. The predicted octanol–water partition coefficient (Wildman–Crippen LogP) is 2.72. The van der Waals surface area contributed by atoms with Gasteiger partial charge >= 0.3 is 0 Å². The number of nitrogens with zero attached hydrogens (tertiary/aromatic N) is 3. The summed E-state index contributed by atoms with van der Waals surface area (Å²) in [6.45, 7) is 1.63. The number of fused-ring (bicyclic) bond motifs is 1. The van der Waals surface area contributed by atoms with Crippen molar-refractivity contribution in [2.75, 3.05) is 13.1 Å². The van der Waals surface area contributed by atoms with Gasteiger partial charge in [0, 0.05) is 18.4 Å². The molecule has 0 saturated carbocycles. The van der Waals surface area contributed by atoms with E-state index in [4.69, 9.17) is 4.74 Å². The summed E-state index contributed by atoms with van der Waals surface area (Å²) in [6.07, 6.45) is 2.72. The highest BCUT2D eigenvalue weighted by atomic mass is 16.5. The largest absolute Gasteiger partial charge is 0.489 e. The van der Waals surface area contributed by atoms with Gasteiger partial charge in [0.25, 0.3) is 0 Å². The molecule has 2 aromatic carbocycles. The molecule has 1 amide bonds. The first kappa shape index (κ1) is 14.8. The fourth-order valence-corrected chi connectivity index (χ4v) is 3.12. The van der Waals surface area contributed by atoms with Crippen molar-refractivity contribution in [1.82, 2.24) is 14.7 Å². The highest BCUT2D eigenvalue weighted by molar-refractivity contribution is 5.82. The molecule has 0 N–H and O–H groups in total. The van der Waals surface area contributed by atoms with E-state index in [-0.39, 0.29) is 18.6 Å². The molecule has 3 aromatic rings. The summed E-state index contributed by atoms with van der Waals surface area (Å²) in [7, 11) is 0. The second kappa shape index (κ2) is 6.35. The minimum Gasteiger partial charge on any atom is -0.489 e. The zero-order chi connectivity index (χ0) is 16.4. The Hall–Kier alpha value is -2.82. The van der Waals surface area contributed by atoms with E-state index in [0.717, 1.165) is 29.6 Å². The number of aromatic nitrogens is 2. The van der Waals surface area contributed by atoms with Crippen LogP contribution in [0.2, 0.25) is 0 Å². The number of carbonyl (C=O) groups is 1. The zero-order valence-electron chi connectivity index (χ0n) is 13.3. The second-order valence-electron chi connectivity index (χ2n) is 6.04. The monoisotopic (exact) mass is 321 g/mol. The maximum Gasteiger partial charge on any atom is 0.244 e. The molecule has 0 unspecified atom stereocenters. The minimum absolute atomic E-state index is 0.0608. The van der Waals surface area contributed by atoms with Crippen LogP contribution in [0.4, 0.5) is 0 Å². The molecule has 5 heteroatoms. The molecule has 0 aliphatic carbocycles. The SMILES string of the molecule is O=C(Cn1ncc2ccccc21)N1CC[C@H](Oc2ccccc2)C1. The minimum atomic E-state index is 0.0608. The van der Waals surface area contributed by atoms with E-state index in [2.05, 4.69) is 5.10 Å². The first-order chi connectivity index (χ1) is 11.8. The lowest BCUT2D eigenvalue weighted by Crippen LogP contribution is -2.33. The number of carbonyl (C=O) groups excluding carboxylic acids is 1. The molecule has 0 radical (unpaired) electrons. The fourth-order valence-electron chi connectivity index (χ4n) is 3.12. The van der Waals surface area contributed by atoms with Crippen LogP contribution in [0, 0.1) is 0 Å². The van der Waals surface area contributed by atoms with Gasteiger partial charge < -0.3 is 9.64 Å². The summed E-state index contributed by atoms with van der Waals surface area (Å²) in [4.78, 5) is 14.4. The standard InChI is InChI=1S/C19H19N3O2/c23-19(14-22-18-9-5-4-6-15(18)12-20-22)21-11-10-17(13-21)24-16-7-2-1-3-8-16/h1-9,12,17H,10-11,13-14H2/t17-/m0/s1. The summed E-state index contributed by atoms with van der Waals surface area (Å²) in [5.74, 6) is 0.942. The molecule has 122 valence electrons. The molecule has 5 nitrogen and oxygen atoms in total. The van der Waals surface area contributed by atoms with Crippen molar-refractivity contribution in [3.8, 4) is 5.75 Å². The van der Waals surface area contributed by atoms with E-state index < -0.39 is 0 Å². The molecule has 4 rings (SSSR count). The number of likely N-dealkylation sites (tertiary alicyclic amines) is 1. The van der Waals surface area contributed by atoms with E-state index in [1.165, 1.54) is 0 Å². The van der Waals surface area contributed by atoms with Crippen LogP contribution >= 0.6 is 0 Å². The topological polar surface area (TPSA) is 47.4 Å². The van der Waals surface area contributed by atoms with Crippen molar-refractivity contribution in [3.63, 3.8) is 0 Å². The van der Waals surface area contributed by atoms with Crippen LogP contribution in [0.25, 0.3) is 10.9 Å². The quantitative estimate of drug-likeness (QED) is 0.742. The van der Waals surface area contributed by atoms with Crippen LogP contribution in [0.15, 0.2) is 60.8 Å². The number of hydrogen-bond donors (Lipinski definition) is 0. The first-order valence-electron chi connectivity index (χ1n) is 8.19. The Labute approximate surface area is 140 Å². The summed E-state index contributed by atoms with van der Waals surface area (Å²) in [6, 6.07) is 17.7. The second-order valence-corrected chi connectivity index (χ2v) is 6.04. The maximum atomic E-state index is 12.6. The number of benzene rings is 2. The summed E-state index contributed by atoms with van der Waals surface area (Å²) >= 11 is 0. The highest BCUT2D eigenvalue weighted by Gasteiger charge is 2.27. The molecule has 0 spiro atoms. The van der Waals surface area contributed by atoms with E-state index in [0.29, 0.717) is 6.54 Å². The van der Waals surface area contributed by atoms with Crippen molar-refractivity contribution in [2.24, 2.45) is 0 Å². The molecule has 1 saturated heterocycles. The number of para-hydroxylation sites is 2. The van der Waals surface area contributed by atoms with Gasteiger partial charge in [-0.15, -0.1) is 0 Å². The molecule has 1 aromatic heterocycles. The van der Waals surface area contributed by atoms with E-state index in [9.17, 15) is 4.79 Å². The molecular formula is C19H19N3O2. The van der Waals surface area contributed by atoms with Gasteiger partial charge in [-0.05, 0) is 18.2 Å². The van der Waals surface area contributed by atoms with Gasteiger partial charge in [0.15, 0.2) is 0 Å². The zero-order valence-corrected chi connectivity index (χ0v) is 13.3. The van der Waals surface area contributed by atoms with Crippen LogP contribution in [0.1, 0.15) is 6.42 Å². The fraction of sp³-hybridized carbons (Fsp3) is 0.263. The summed E-state index contributed by atoms with van der Waals surface area (Å²) in [5.41, 5.74) is 0.988. The Morgan fingerprint density at radius 3 is 2.79 bits per heavy atom. The Kier molecular flexibility index (Phi) is 3.91. The molecule has 24 heavy (non-hydrogen) atoms. The first-order valence-corrected chi connectivity index (χ1v) is 8.19. The smallest absolute Gasteiger partial charge is 0.244 e. The lowest BCUT2D eigenvalue weighted by molar-refractivity contribution is -0.131. The molecule has 1 aliphatic rings. The van der Waals surface area contributed by atoms with Gasteiger partial charge in [-0.3, -0.25) is 9.48 Å². The van der Waals surface area contributed by atoms with Crippen LogP contribution in [-0.2, 0) is 11.3 Å². The van der Waals surface area contributed by atoms with Crippen molar-refractivity contribution < 1.29 is 9.53 Å². The summed E-state index contributed by atoms with van der Waals surface area (Å²) < 4.78 is 7.71. The van der Waals surface area contributed by atoms with Gasteiger partial charge in [0.05, 0.1) is 18.3 Å². The lowest BCUT2D eigenvalue weighted by Gasteiger charge is -2.17. The van der Waals surface area contributed by atoms with E-state index in [1.807, 2.05) is 59.5 Å². The lowest BCUT2D eigenvalue weighted by atomic mass is 10.2. The van der Waals surface area contributed by atoms with Crippen molar-refractivity contribution in [2.45, 2.75) is 19.1 Å². The Morgan fingerprint density at radius 2 is 1.92 bits per heavy atom. The Balaban J connectivity index is 1.39. The van der Waals surface area contributed by atoms with E-state index >= 15 is 0 Å². The third kappa shape index (κ3) is 2.97. The van der Waals surface area contributed by atoms with Crippen molar-refractivity contribution in [1.29, 1.82) is 0 Å². The van der Waals surface area contributed by atoms with Gasteiger partial charge in [0.1, 0.15) is 18.4 Å². The molecule has 2 heterocycles. The average Bonchev–Trinajstić information content (AvgIpc) is 3.24. The Morgan fingerprint density at radius 1 is 1.12 bits per heavy atom. The third-order valence-corrected chi connectivity index (χ3v) is 4.38. The number of ether oxygens (including phenoxy) is 1. The molecule has 1 fully saturated rings. The number of amides is 1. The average molecular weight is 321 g/mol. The van der Waals surface area contributed by atoms with Gasteiger partial charge in [-0.25, -0.2) is 0 Å². The van der Waals surface area contributed by atoms with Crippen LogP contribution < -0.4 is 4.74 Å². The van der Waals surface area contributed by atoms with Crippen LogP contribution in [0.5, 0.6) is 5.75 Å². The number of hydrogen-bond acceptors (Lipinski definition) is 3. The molecule has 1 aliphatic heterocycles. The van der Waals surface area contributed by atoms with Gasteiger partial charge in [-0.1, -0.05) is 36.4 Å². The maximum absolute atomic E-state index is 12.6. The van der Waals surface area contributed by atoms with E-state index in [1.54, 1.807) is 10.9 Å². The Bertz CT molecular complexity index is 844. The van der Waals surface area contributed by atoms with Crippen molar-refractivity contribution in [3.05, 3.63) is 60.8 Å². The normalized spacial score (nSPS) is 17.3. The molecule has 0 bridgehead atoms. The van der Waals surface area contributed by atoms with Gasteiger partial charge in [0.2, 0.25) is 5.91 Å². The molecule has 1 atom stereocenters.